The lowest BCUT2D eigenvalue weighted by Gasteiger charge is -2.32. The second-order valence-corrected chi connectivity index (χ2v) is 9.80. The van der Waals surface area contributed by atoms with E-state index in [1.165, 1.54) is 6.39 Å². The Morgan fingerprint density at radius 3 is 2.63 bits per heavy atom. The van der Waals surface area contributed by atoms with Gasteiger partial charge in [0.25, 0.3) is 0 Å². The Bertz CT molecular complexity index is 1400. The number of rotatable bonds is 7. The first-order valence-corrected chi connectivity index (χ1v) is 12.6. The van der Waals surface area contributed by atoms with E-state index in [9.17, 15) is 27.9 Å². The Balaban J connectivity index is 0.000000493. The third-order valence-corrected chi connectivity index (χ3v) is 6.83. The molecule has 0 bridgehead atoms. The third-order valence-electron chi connectivity index (χ3n) is 6.83. The van der Waals surface area contributed by atoms with Crippen molar-refractivity contribution in [2.75, 3.05) is 32.0 Å². The Labute approximate surface area is 232 Å². The van der Waals surface area contributed by atoms with Crippen molar-refractivity contribution in [3.05, 3.63) is 65.5 Å². The minimum atomic E-state index is -5.08. The zero-order chi connectivity index (χ0) is 29.7. The van der Waals surface area contributed by atoms with E-state index in [1.54, 1.807) is 4.90 Å². The number of carboxylic acids is 1. The highest BCUT2D eigenvalue weighted by molar-refractivity contribution is 5.99. The van der Waals surface area contributed by atoms with Gasteiger partial charge in [-0.1, -0.05) is 35.5 Å². The van der Waals surface area contributed by atoms with Crippen LogP contribution in [0.3, 0.4) is 0 Å². The maximum Gasteiger partial charge on any atom is 0.490 e. The Kier molecular flexibility index (Phi) is 9.03. The molecule has 0 saturated carbocycles. The number of fused-ring (bicyclic) bond motifs is 1. The van der Waals surface area contributed by atoms with Gasteiger partial charge in [-0.3, -0.25) is 14.5 Å². The van der Waals surface area contributed by atoms with Gasteiger partial charge in [-0.25, -0.2) is 4.79 Å². The van der Waals surface area contributed by atoms with Crippen LogP contribution in [-0.2, 0) is 27.2 Å². The summed E-state index contributed by atoms with van der Waals surface area (Å²) in [6, 6.07) is 13.3. The molecule has 0 radical (unpaired) electrons. The summed E-state index contributed by atoms with van der Waals surface area (Å²) in [7, 11) is 1.82. The predicted molar refractivity (Wildman–Crippen MR) is 138 cm³/mol. The molecule has 3 heterocycles. The molecular formula is C27H28F3N5O6. The molecule has 1 aromatic heterocycles. The van der Waals surface area contributed by atoms with Crippen molar-refractivity contribution in [2.45, 2.75) is 37.6 Å². The zero-order valence-electron chi connectivity index (χ0n) is 22.0. The Morgan fingerprint density at radius 2 is 2.00 bits per heavy atom. The lowest BCUT2D eigenvalue weighted by atomic mass is 10.0. The molecule has 5 rings (SSSR count). The Morgan fingerprint density at radius 1 is 1.24 bits per heavy atom. The molecule has 3 N–H and O–H groups in total. The van der Waals surface area contributed by atoms with Crippen LogP contribution in [0.15, 0.2) is 53.4 Å². The van der Waals surface area contributed by atoms with E-state index in [4.69, 9.17) is 14.4 Å². The molecule has 2 aliphatic rings. The first-order valence-electron chi connectivity index (χ1n) is 12.6. The molecule has 0 spiro atoms. The van der Waals surface area contributed by atoms with E-state index in [0.29, 0.717) is 25.3 Å². The molecule has 1 fully saturated rings. The predicted octanol–water partition coefficient (Wildman–Crippen LogP) is 2.67. The first kappa shape index (κ1) is 29.7. The van der Waals surface area contributed by atoms with Crippen molar-refractivity contribution >= 4 is 23.5 Å². The largest absolute Gasteiger partial charge is 0.490 e. The van der Waals surface area contributed by atoms with Crippen LogP contribution in [-0.4, -0.2) is 86.9 Å². The van der Waals surface area contributed by atoms with Crippen LogP contribution in [0.2, 0.25) is 0 Å². The maximum absolute atomic E-state index is 13.4. The van der Waals surface area contributed by atoms with Crippen molar-refractivity contribution < 1.29 is 42.3 Å². The molecule has 2 amide bonds. The summed E-state index contributed by atoms with van der Waals surface area (Å²) in [5.74, 6) is -2.32. The quantitative estimate of drug-likeness (QED) is 0.387. The van der Waals surface area contributed by atoms with Crippen LogP contribution in [0, 0.1) is 0 Å². The van der Waals surface area contributed by atoms with E-state index in [2.05, 4.69) is 20.4 Å². The number of aromatic nitrogens is 2. The fourth-order valence-electron chi connectivity index (χ4n) is 4.70. The van der Waals surface area contributed by atoms with Gasteiger partial charge in [0.1, 0.15) is 0 Å². The second-order valence-electron chi connectivity index (χ2n) is 9.80. The summed E-state index contributed by atoms with van der Waals surface area (Å²) in [6.07, 6.45) is -2.80. The molecule has 3 aromatic rings. The minimum Gasteiger partial charge on any atom is -0.475 e. The van der Waals surface area contributed by atoms with E-state index in [-0.39, 0.29) is 30.4 Å². The number of alkyl halides is 3. The number of benzene rings is 2. The zero-order valence-corrected chi connectivity index (χ0v) is 22.0. The van der Waals surface area contributed by atoms with Crippen molar-refractivity contribution in [1.82, 2.24) is 19.9 Å². The number of hydrogen-bond donors (Lipinski definition) is 3. The summed E-state index contributed by atoms with van der Waals surface area (Å²) in [4.78, 5) is 42.0. The molecule has 2 aromatic carbocycles. The van der Waals surface area contributed by atoms with Crippen molar-refractivity contribution in [1.29, 1.82) is 0 Å². The van der Waals surface area contributed by atoms with E-state index in [1.807, 2.05) is 49.5 Å². The summed E-state index contributed by atoms with van der Waals surface area (Å²) < 4.78 is 36.6. The molecule has 2 aliphatic heterocycles. The number of hydrogen-bond acceptors (Lipinski definition) is 8. The number of aliphatic hydroxyl groups is 1. The number of carbonyl (C=O) groups is 3. The van der Waals surface area contributed by atoms with Crippen molar-refractivity contribution in [3.8, 4) is 11.4 Å². The van der Waals surface area contributed by atoms with Gasteiger partial charge in [0.2, 0.25) is 24.0 Å². The van der Waals surface area contributed by atoms with Gasteiger partial charge in [-0.15, -0.1) is 0 Å². The number of amides is 2. The van der Waals surface area contributed by atoms with Crippen LogP contribution in [0.1, 0.15) is 29.2 Å². The summed E-state index contributed by atoms with van der Waals surface area (Å²) in [6.45, 7) is 1.98. The summed E-state index contributed by atoms with van der Waals surface area (Å²) >= 11 is 0. The molecule has 11 nitrogen and oxygen atoms in total. The number of aliphatic carboxylic acids is 1. The van der Waals surface area contributed by atoms with Crippen LogP contribution in [0.5, 0.6) is 0 Å². The van der Waals surface area contributed by atoms with Gasteiger partial charge in [0, 0.05) is 37.9 Å². The lowest BCUT2D eigenvalue weighted by molar-refractivity contribution is -0.192. The van der Waals surface area contributed by atoms with Gasteiger partial charge in [-0.2, -0.15) is 18.2 Å². The lowest BCUT2D eigenvalue weighted by Crippen LogP contribution is -2.39. The molecular weight excluding hydrogens is 547 g/mol. The normalized spacial score (nSPS) is 17.3. The summed E-state index contributed by atoms with van der Waals surface area (Å²) in [5, 5.41) is 23.9. The number of nitrogens with one attached hydrogen (secondary N) is 1. The number of carboxylic acid groups (broad SMARTS) is 1. The van der Waals surface area contributed by atoms with Gasteiger partial charge in [-0.05, 0) is 35.2 Å². The molecule has 1 saturated heterocycles. The molecule has 41 heavy (non-hydrogen) atoms. The molecule has 1 unspecified atom stereocenters. The fourth-order valence-corrected chi connectivity index (χ4v) is 4.70. The average molecular weight is 576 g/mol. The highest BCUT2D eigenvalue weighted by atomic mass is 19.4. The maximum atomic E-state index is 13.4. The van der Waals surface area contributed by atoms with Gasteiger partial charge < -0.3 is 25.0 Å². The number of carbonyl (C=O) groups excluding carboxylic acids is 2. The molecule has 218 valence electrons. The average Bonchev–Trinajstić information content (AvgIpc) is 3.67. The highest BCUT2D eigenvalue weighted by Crippen LogP contribution is 2.28. The van der Waals surface area contributed by atoms with Gasteiger partial charge in [0.15, 0.2) is 0 Å². The molecule has 0 aliphatic carbocycles. The monoisotopic (exact) mass is 575 g/mol. The van der Waals surface area contributed by atoms with Crippen molar-refractivity contribution in [2.24, 2.45) is 0 Å². The standard InChI is InChI=1S/C25H27N5O4.C2HF3O2/c1-29(24(33)10-16-5-6-17-12-23(32)27-21(17)9-16)22(14-30-8-7-20(31)13-30)18-3-2-4-19(11-18)25-26-15-34-28-25;3-2(4,5)1(6)7/h2-6,9,11,15,20,22,31H,7-8,10,12-14H2,1H3,(H,27,32);(H,6,7)/t20?,22-;/m1./s1. The van der Waals surface area contributed by atoms with Crippen LogP contribution < -0.4 is 5.32 Å². The topological polar surface area (TPSA) is 149 Å². The van der Waals surface area contributed by atoms with Gasteiger partial charge >= 0.3 is 12.1 Å². The number of aliphatic hydroxyl groups excluding tert-OH is 1. The number of likely N-dealkylation sites (N-methyl/N-ethyl adjacent to an activating group) is 1. The minimum absolute atomic E-state index is 0.0232. The van der Waals surface area contributed by atoms with Crippen molar-refractivity contribution in [3.63, 3.8) is 0 Å². The number of anilines is 1. The molecule has 14 heteroatoms. The fraction of sp³-hybridized carbons (Fsp3) is 0.370. The van der Waals surface area contributed by atoms with E-state index < -0.39 is 12.1 Å². The smallest absolute Gasteiger partial charge is 0.475 e. The van der Waals surface area contributed by atoms with Crippen LogP contribution in [0.4, 0.5) is 18.9 Å². The van der Waals surface area contributed by atoms with Gasteiger partial charge in [0.05, 0.1) is 25.0 Å². The number of β-amino-alcohol motifs (C(OH)–C–C–N with tert-alkyl or cyclic N) is 1. The van der Waals surface area contributed by atoms with Crippen LogP contribution in [0.25, 0.3) is 11.4 Å². The summed E-state index contributed by atoms with van der Waals surface area (Å²) in [5.41, 5.74) is 4.37. The number of halogens is 3. The van der Waals surface area contributed by atoms with E-state index >= 15 is 0 Å². The Hall–Kier alpha value is -4.30. The second kappa shape index (κ2) is 12.5. The SMILES string of the molecule is CN(C(=O)Cc1ccc2c(c1)NC(=O)C2)[C@H](CN1CCC(O)C1)c1cccc(-c2ncon2)c1.O=C(O)C(F)(F)F. The third kappa shape index (κ3) is 7.67. The number of likely N-dealkylation sites (tertiary alicyclic amines) is 1. The molecule has 2 atom stereocenters. The first-order chi connectivity index (χ1) is 19.4. The highest BCUT2D eigenvalue weighted by Gasteiger charge is 2.38. The van der Waals surface area contributed by atoms with Crippen LogP contribution >= 0.6 is 0 Å². The number of nitrogens with zero attached hydrogens (tertiary/aromatic N) is 4. The van der Waals surface area contributed by atoms with E-state index in [0.717, 1.165) is 40.9 Å².